The first-order valence-corrected chi connectivity index (χ1v) is 7.57. The Morgan fingerprint density at radius 1 is 1.19 bits per heavy atom. The number of carbonyl (C=O) groups excluding carboxylic acids is 1. The van der Waals surface area contributed by atoms with E-state index in [9.17, 15) is 4.79 Å². The number of hydrogen-bond donors (Lipinski definition) is 0. The number of aryl methyl sites for hydroxylation is 2. The summed E-state index contributed by atoms with van der Waals surface area (Å²) in [5.41, 5.74) is 4.47. The van der Waals surface area contributed by atoms with Crippen LogP contribution in [0.4, 0.5) is 0 Å². The van der Waals surface area contributed by atoms with Gasteiger partial charge in [0.1, 0.15) is 12.4 Å². The number of ketones is 1. The molecular formula is C18H21NO2. The van der Waals surface area contributed by atoms with Crippen LogP contribution in [0.15, 0.2) is 30.3 Å². The fourth-order valence-electron chi connectivity index (χ4n) is 3.06. The Bertz CT molecular complexity index is 670. The molecule has 1 heterocycles. The molecule has 1 aliphatic rings. The SMILES string of the molecule is Cc1cccc(OCCn2c(C)cc3c2CCCC3=O)c1. The topological polar surface area (TPSA) is 31.2 Å². The van der Waals surface area contributed by atoms with E-state index in [1.807, 2.05) is 24.3 Å². The van der Waals surface area contributed by atoms with Crippen LogP contribution in [0.3, 0.4) is 0 Å². The van der Waals surface area contributed by atoms with E-state index < -0.39 is 0 Å². The molecule has 2 aromatic rings. The molecule has 0 fully saturated rings. The Balaban J connectivity index is 1.70. The summed E-state index contributed by atoms with van der Waals surface area (Å²) >= 11 is 0. The molecule has 0 saturated heterocycles. The highest BCUT2D eigenvalue weighted by molar-refractivity contribution is 5.98. The minimum absolute atomic E-state index is 0.290. The third kappa shape index (κ3) is 2.87. The number of rotatable bonds is 4. The molecule has 1 aliphatic carbocycles. The number of fused-ring (bicyclic) bond motifs is 1. The van der Waals surface area contributed by atoms with Gasteiger partial charge in [-0.25, -0.2) is 0 Å². The Morgan fingerprint density at radius 3 is 2.86 bits per heavy atom. The first kappa shape index (κ1) is 13.9. The Kier molecular flexibility index (Phi) is 3.82. The van der Waals surface area contributed by atoms with Gasteiger partial charge in [-0.05, 0) is 50.5 Å². The minimum atomic E-state index is 0.290. The highest BCUT2D eigenvalue weighted by Crippen LogP contribution is 2.25. The summed E-state index contributed by atoms with van der Waals surface area (Å²) in [6.07, 6.45) is 2.66. The second kappa shape index (κ2) is 5.76. The van der Waals surface area contributed by atoms with Crippen LogP contribution in [0, 0.1) is 13.8 Å². The fraction of sp³-hybridized carbons (Fsp3) is 0.389. The van der Waals surface area contributed by atoms with Gasteiger partial charge in [0.15, 0.2) is 5.78 Å². The number of benzene rings is 1. The van der Waals surface area contributed by atoms with Crippen LogP contribution >= 0.6 is 0 Å². The lowest BCUT2D eigenvalue weighted by molar-refractivity contribution is 0.0971. The first-order valence-electron chi connectivity index (χ1n) is 7.57. The molecule has 1 aromatic carbocycles. The molecule has 0 radical (unpaired) electrons. The highest BCUT2D eigenvalue weighted by atomic mass is 16.5. The number of carbonyl (C=O) groups is 1. The van der Waals surface area contributed by atoms with Gasteiger partial charge in [-0.1, -0.05) is 12.1 Å². The Hall–Kier alpha value is -2.03. The average molecular weight is 283 g/mol. The zero-order chi connectivity index (χ0) is 14.8. The van der Waals surface area contributed by atoms with E-state index in [0.29, 0.717) is 13.0 Å². The summed E-state index contributed by atoms with van der Waals surface area (Å²) in [7, 11) is 0. The van der Waals surface area contributed by atoms with Gasteiger partial charge >= 0.3 is 0 Å². The lowest BCUT2D eigenvalue weighted by Crippen LogP contribution is -2.16. The van der Waals surface area contributed by atoms with E-state index in [2.05, 4.69) is 24.5 Å². The van der Waals surface area contributed by atoms with Crippen molar-refractivity contribution in [3.05, 3.63) is 52.8 Å². The molecule has 0 saturated carbocycles. The first-order chi connectivity index (χ1) is 10.1. The van der Waals surface area contributed by atoms with Crippen LogP contribution in [0.5, 0.6) is 5.75 Å². The van der Waals surface area contributed by atoms with Gasteiger partial charge < -0.3 is 9.30 Å². The van der Waals surface area contributed by atoms with Gasteiger partial charge in [0.2, 0.25) is 0 Å². The van der Waals surface area contributed by atoms with Gasteiger partial charge in [-0.15, -0.1) is 0 Å². The fourth-order valence-corrected chi connectivity index (χ4v) is 3.06. The predicted molar refractivity (Wildman–Crippen MR) is 83.1 cm³/mol. The number of aromatic nitrogens is 1. The molecule has 0 aliphatic heterocycles. The maximum absolute atomic E-state index is 11.9. The number of hydrogen-bond acceptors (Lipinski definition) is 2. The van der Waals surface area contributed by atoms with Crippen LogP contribution < -0.4 is 4.74 Å². The lowest BCUT2D eigenvalue weighted by atomic mass is 9.97. The monoisotopic (exact) mass is 283 g/mol. The van der Waals surface area contributed by atoms with E-state index >= 15 is 0 Å². The van der Waals surface area contributed by atoms with E-state index in [0.717, 1.165) is 36.4 Å². The van der Waals surface area contributed by atoms with Gasteiger partial charge in [0, 0.05) is 23.4 Å². The second-order valence-electron chi connectivity index (χ2n) is 5.74. The van der Waals surface area contributed by atoms with Crippen LogP contribution in [0.25, 0.3) is 0 Å². The van der Waals surface area contributed by atoms with Gasteiger partial charge in [0.25, 0.3) is 0 Å². The van der Waals surface area contributed by atoms with Gasteiger partial charge in [-0.2, -0.15) is 0 Å². The molecule has 0 spiro atoms. The highest BCUT2D eigenvalue weighted by Gasteiger charge is 2.22. The van der Waals surface area contributed by atoms with Crippen LogP contribution in [-0.2, 0) is 13.0 Å². The molecule has 110 valence electrons. The molecule has 3 heteroatoms. The van der Waals surface area contributed by atoms with Gasteiger partial charge in [-0.3, -0.25) is 4.79 Å². The summed E-state index contributed by atoms with van der Waals surface area (Å²) in [5.74, 6) is 1.20. The molecule has 0 amide bonds. The van der Waals surface area contributed by atoms with Crippen LogP contribution in [0.2, 0.25) is 0 Å². The van der Waals surface area contributed by atoms with E-state index in [1.54, 1.807) is 0 Å². The number of Topliss-reactive ketones (excluding diaryl/α,β-unsaturated/α-hetero) is 1. The van der Waals surface area contributed by atoms with Crippen molar-refractivity contribution in [2.75, 3.05) is 6.61 Å². The molecule has 1 aromatic heterocycles. The van der Waals surface area contributed by atoms with Crippen molar-refractivity contribution >= 4 is 5.78 Å². The molecule has 0 bridgehead atoms. The van der Waals surface area contributed by atoms with Crippen molar-refractivity contribution < 1.29 is 9.53 Å². The number of ether oxygens (including phenoxy) is 1. The van der Waals surface area contributed by atoms with E-state index in [1.165, 1.54) is 11.3 Å². The summed E-state index contributed by atoms with van der Waals surface area (Å²) in [6, 6.07) is 10.1. The maximum atomic E-state index is 11.9. The third-order valence-electron chi connectivity index (χ3n) is 4.11. The zero-order valence-electron chi connectivity index (χ0n) is 12.7. The van der Waals surface area contributed by atoms with E-state index in [4.69, 9.17) is 4.74 Å². The van der Waals surface area contributed by atoms with Crippen molar-refractivity contribution in [1.29, 1.82) is 0 Å². The quantitative estimate of drug-likeness (QED) is 0.856. The predicted octanol–water partition coefficient (Wildman–Crippen LogP) is 3.70. The maximum Gasteiger partial charge on any atom is 0.164 e. The Morgan fingerprint density at radius 2 is 2.05 bits per heavy atom. The normalized spacial score (nSPS) is 14.1. The Labute approximate surface area is 125 Å². The molecule has 21 heavy (non-hydrogen) atoms. The smallest absolute Gasteiger partial charge is 0.164 e. The summed E-state index contributed by atoms with van der Waals surface area (Å²) < 4.78 is 8.07. The second-order valence-corrected chi connectivity index (χ2v) is 5.74. The van der Waals surface area contributed by atoms with Crippen molar-refractivity contribution in [2.24, 2.45) is 0 Å². The molecule has 0 unspecified atom stereocenters. The molecule has 0 N–H and O–H groups in total. The van der Waals surface area contributed by atoms with E-state index in [-0.39, 0.29) is 5.78 Å². The lowest BCUT2D eigenvalue weighted by Gasteiger charge is -2.16. The molecule has 0 atom stereocenters. The molecule has 3 rings (SSSR count). The van der Waals surface area contributed by atoms with Crippen molar-refractivity contribution in [3.8, 4) is 5.75 Å². The minimum Gasteiger partial charge on any atom is -0.492 e. The summed E-state index contributed by atoms with van der Waals surface area (Å²) in [5, 5.41) is 0. The summed E-state index contributed by atoms with van der Waals surface area (Å²) in [4.78, 5) is 11.9. The van der Waals surface area contributed by atoms with Gasteiger partial charge in [0.05, 0.1) is 6.54 Å². The van der Waals surface area contributed by atoms with Crippen molar-refractivity contribution in [3.63, 3.8) is 0 Å². The molecule has 3 nitrogen and oxygen atoms in total. The van der Waals surface area contributed by atoms with Crippen LogP contribution in [0.1, 0.15) is 40.2 Å². The van der Waals surface area contributed by atoms with Crippen molar-refractivity contribution in [1.82, 2.24) is 4.57 Å². The molecular weight excluding hydrogens is 262 g/mol. The van der Waals surface area contributed by atoms with Crippen molar-refractivity contribution in [2.45, 2.75) is 39.7 Å². The average Bonchev–Trinajstić information content (AvgIpc) is 2.77. The zero-order valence-corrected chi connectivity index (χ0v) is 12.7. The summed E-state index contributed by atoms with van der Waals surface area (Å²) in [6.45, 7) is 5.55. The van der Waals surface area contributed by atoms with Crippen LogP contribution in [-0.4, -0.2) is 17.0 Å². The standard InChI is InChI=1S/C18H21NO2/c1-13-5-3-6-15(11-13)21-10-9-19-14(2)12-16-17(19)7-4-8-18(16)20/h3,5-6,11-12H,4,7-10H2,1-2H3. The number of nitrogens with zero attached hydrogens (tertiary/aromatic N) is 1. The largest absolute Gasteiger partial charge is 0.492 e. The third-order valence-corrected chi connectivity index (χ3v) is 4.11.